The Balaban J connectivity index is 1.48. The Labute approximate surface area is 142 Å². The lowest BCUT2D eigenvalue weighted by atomic mass is 10.1. The van der Waals surface area contributed by atoms with Crippen molar-refractivity contribution in [1.82, 2.24) is 15.5 Å². The van der Waals surface area contributed by atoms with Gasteiger partial charge in [0, 0.05) is 19.7 Å². The highest BCUT2D eigenvalue weighted by Gasteiger charge is 2.30. The molecule has 1 aliphatic rings. The van der Waals surface area contributed by atoms with Gasteiger partial charge in [0.1, 0.15) is 6.10 Å². The van der Waals surface area contributed by atoms with Gasteiger partial charge in [-0.15, -0.1) is 0 Å². The van der Waals surface area contributed by atoms with E-state index in [0.29, 0.717) is 18.3 Å². The van der Waals surface area contributed by atoms with E-state index in [-0.39, 0.29) is 18.2 Å². The van der Waals surface area contributed by atoms with E-state index in [0.717, 1.165) is 25.8 Å². The third-order valence-corrected chi connectivity index (χ3v) is 4.25. The van der Waals surface area contributed by atoms with Gasteiger partial charge < -0.3 is 19.3 Å². The number of rotatable bonds is 8. The summed E-state index contributed by atoms with van der Waals surface area (Å²) >= 11 is 0. The van der Waals surface area contributed by atoms with Gasteiger partial charge in [-0.2, -0.15) is 4.98 Å². The number of ether oxygens (including phenoxy) is 2. The lowest BCUT2D eigenvalue weighted by Gasteiger charge is -2.20. The normalized spacial score (nSPS) is 21.9. The fraction of sp³-hybridized carbons (Fsp3) is 0.556. The van der Waals surface area contributed by atoms with Crippen LogP contribution in [-0.2, 0) is 15.9 Å². The monoisotopic (exact) mass is 331 g/mol. The first-order valence-electron chi connectivity index (χ1n) is 8.46. The molecule has 1 aliphatic heterocycles. The lowest BCUT2D eigenvalue weighted by Crippen LogP contribution is -2.39. The van der Waals surface area contributed by atoms with Crippen molar-refractivity contribution in [1.29, 1.82) is 0 Å². The molecule has 1 fully saturated rings. The van der Waals surface area contributed by atoms with Crippen molar-refractivity contribution in [2.45, 2.75) is 44.4 Å². The molecule has 3 atom stereocenters. The Kier molecular flexibility index (Phi) is 5.96. The molecule has 1 unspecified atom stereocenters. The predicted molar refractivity (Wildman–Crippen MR) is 89.7 cm³/mol. The molecule has 2 heterocycles. The van der Waals surface area contributed by atoms with Gasteiger partial charge in [0.05, 0.1) is 12.7 Å². The highest BCUT2D eigenvalue weighted by Crippen LogP contribution is 2.31. The second-order valence-corrected chi connectivity index (χ2v) is 6.25. The first-order valence-corrected chi connectivity index (χ1v) is 8.46. The summed E-state index contributed by atoms with van der Waals surface area (Å²) in [6, 6.07) is 10.7. The summed E-state index contributed by atoms with van der Waals surface area (Å²) in [5, 5.41) is 7.41. The van der Waals surface area contributed by atoms with E-state index in [1.807, 2.05) is 13.0 Å². The van der Waals surface area contributed by atoms with Crippen LogP contribution in [-0.4, -0.2) is 42.5 Å². The molecule has 6 nitrogen and oxygen atoms in total. The maximum atomic E-state index is 6.04. The molecular weight excluding hydrogens is 306 g/mol. The minimum absolute atomic E-state index is 0.0759. The number of methoxy groups -OCH3 is 1. The van der Waals surface area contributed by atoms with Crippen LogP contribution in [0.2, 0.25) is 0 Å². The van der Waals surface area contributed by atoms with Crippen molar-refractivity contribution in [3.8, 4) is 0 Å². The summed E-state index contributed by atoms with van der Waals surface area (Å²) in [4.78, 5) is 4.26. The number of benzene rings is 1. The van der Waals surface area contributed by atoms with Crippen LogP contribution in [0.4, 0.5) is 0 Å². The zero-order chi connectivity index (χ0) is 16.8. The summed E-state index contributed by atoms with van der Waals surface area (Å²) in [5.41, 5.74) is 1.30. The van der Waals surface area contributed by atoms with Crippen LogP contribution in [0.3, 0.4) is 0 Å². The Bertz CT molecular complexity index is 617. The molecule has 0 bridgehead atoms. The number of aryl methyl sites for hydroxylation is 1. The summed E-state index contributed by atoms with van der Waals surface area (Å²) in [7, 11) is 1.74. The van der Waals surface area contributed by atoms with Gasteiger partial charge in [0.15, 0.2) is 5.82 Å². The van der Waals surface area contributed by atoms with Gasteiger partial charge in [0.2, 0.25) is 0 Å². The molecule has 1 aromatic carbocycles. The van der Waals surface area contributed by atoms with Crippen LogP contribution in [0.25, 0.3) is 0 Å². The van der Waals surface area contributed by atoms with Crippen LogP contribution < -0.4 is 5.32 Å². The van der Waals surface area contributed by atoms with E-state index in [2.05, 4.69) is 39.7 Å². The van der Waals surface area contributed by atoms with Gasteiger partial charge >= 0.3 is 0 Å². The average Bonchev–Trinajstić information content (AvgIpc) is 3.22. The SMILES string of the molecule is COCC(Cc1ccccc1)NC[C@H]1CC[C@@H](c2nc(C)no2)O1. The van der Waals surface area contributed by atoms with Gasteiger partial charge in [-0.1, -0.05) is 35.5 Å². The van der Waals surface area contributed by atoms with Gasteiger partial charge in [-0.05, 0) is 31.7 Å². The molecule has 24 heavy (non-hydrogen) atoms. The van der Waals surface area contributed by atoms with E-state index in [1.165, 1.54) is 5.56 Å². The van der Waals surface area contributed by atoms with E-state index in [1.54, 1.807) is 7.11 Å². The number of aromatic nitrogens is 2. The molecule has 130 valence electrons. The zero-order valence-electron chi connectivity index (χ0n) is 14.3. The third kappa shape index (κ3) is 4.63. The predicted octanol–water partition coefficient (Wildman–Crippen LogP) is 2.45. The minimum Gasteiger partial charge on any atom is -0.383 e. The molecular formula is C18H25N3O3. The molecule has 1 aromatic heterocycles. The highest BCUT2D eigenvalue weighted by molar-refractivity contribution is 5.15. The number of nitrogens with one attached hydrogen (secondary N) is 1. The number of hydrogen-bond donors (Lipinski definition) is 1. The maximum Gasteiger partial charge on any atom is 0.255 e. The quantitative estimate of drug-likeness (QED) is 0.801. The summed E-state index contributed by atoms with van der Waals surface area (Å²) in [6.45, 7) is 3.29. The molecule has 1 N–H and O–H groups in total. The summed E-state index contributed by atoms with van der Waals surface area (Å²) in [6.07, 6.45) is 2.93. The highest BCUT2D eigenvalue weighted by atomic mass is 16.5. The number of hydrogen-bond acceptors (Lipinski definition) is 6. The van der Waals surface area contributed by atoms with Crippen molar-refractivity contribution < 1.29 is 14.0 Å². The Morgan fingerprint density at radius 1 is 1.29 bits per heavy atom. The largest absolute Gasteiger partial charge is 0.383 e. The van der Waals surface area contributed by atoms with Crippen molar-refractivity contribution >= 4 is 0 Å². The standard InChI is InChI=1S/C18H25N3O3/c1-13-20-18(24-21-13)17-9-8-16(23-17)11-19-15(12-22-2)10-14-6-4-3-5-7-14/h3-7,15-17,19H,8-12H2,1-2H3/t15?,16-,17+/m1/s1. The van der Waals surface area contributed by atoms with Gasteiger partial charge in [-0.25, -0.2) is 0 Å². The minimum atomic E-state index is -0.0759. The van der Waals surface area contributed by atoms with E-state index in [4.69, 9.17) is 14.0 Å². The van der Waals surface area contributed by atoms with Crippen molar-refractivity contribution in [3.63, 3.8) is 0 Å². The molecule has 2 aromatic rings. The molecule has 6 heteroatoms. The molecule has 0 amide bonds. The number of nitrogens with zero attached hydrogens (tertiary/aromatic N) is 2. The van der Waals surface area contributed by atoms with Gasteiger partial charge in [0.25, 0.3) is 5.89 Å². The fourth-order valence-corrected chi connectivity index (χ4v) is 3.07. The Hall–Kier alpha value is -1.76. The van der Waals surface area contributed by atoms with Crippen LogP contribution in [0, 0.1) is 6.92 Å². The molecule has 0 spiro atoms. The van der Waals surface area contributed by atoms with E-state index >= 15 is 0 Å². The lowest BCUT2D eigenvalue weighted by molar-refractivity contribution is 0.0236. The summed E-state index contributed by atoms with van der Waals surface area (Å²) < 4.78 is 16.6. The smallest absolute Gasteiger partial charge is 0.255 e. The average molecular weight is 331 g/mol. The molecule has 1 saturated heterocycles. The molecule has 0 aliphatic carbocycles. The van der Waals surface area contributed by atoms with Crippen LogP contribution in [0.15, 0.2) is 34.9 Å². The first kappa shape index (κ1) is 17.1. The van der Waals surface area contributed by atoms with Gasteiger partial charge in [-0.3, -0.25) is 0 Å². The van der Waals surface area contributed by atoms with E-state index < -0.39 is 0 Å². The molecule has 3 rings (SSSR count). The van der Waals surface area contributed by atoms with E-state index in [9.17, 15) is 0 Å². The third-order valence-electron chi connectivity index (χ3n) is 4.25. The first-order chi connectivity index (χ1) is 11.7. The van der Waals surface area contributed by atoms with Crippen LogP contribution in [0.1, 0.15) is 36.2 Å². The van der Waals surface area contributed by atoms with Crippen LogP contribution >= 0.6 is 0 Å². The molecule has 0 saturated carbocycles. The summed E-state index contributed by atoms with van der Waals surface area (Å²) in [5.74, 6) is 1.24. The Morgan fingerprint density at radius 3 is 2.83 bits per heavy atom. The Morgan fingerprint density at radius 2 is 2.12 bits per heavy atom. The van der Waals surface area contributed by atoms with Crippen molar-refractivity contribution in [2.24, 2.45) is 0 Å². The molecule has 0 radical (unpaired) electrons. The second-order valence-electron chi connectivity index (χ2n) is 6.25. The fourth-order valence-electron chi connectivity index (χ4n) is 3.07. The second kappa shape index (κ2) is 8.37. The van der Waals surface area contributed by atoms with Crippen molar-refractivity contribution in [2.75, 3.05) is 20.3 Å². The van der Waals surface area contributed by atoms with Crippen molar-refractivity contribution in [3.05, 3.63) is 47.6 Å². The maximum absolute atomic E-state index is 6.04. The van der Waals surface area contributed by atoms with Crippen LogP contribution in [0.5, 0.6) is 0 Å². The topological polar surface area (TPSA) is 69.4 Å². The zero-order valence-corrected chi connectivity index (χ0v) is 14.3.